The normalized spacial score (nSPS) is 17.6. The Morgan fingerprint density at radius 3 is 2.81 bits per heavy atom. The van der Waals surface area contributed by atoms with Crippen molar-refractivity contribution in [3.8, 4) is 0 Å². The number of hydrogen-bond donors (Lipinski definition) is 1. The first-order valence-corrected chi connectivity index (χ1v) is 7.90. The Morgan fingerprint density at radius 1 is 1.14 bits per heavy atom. The number of para-hydroxylation sites is 1. The molecule has 1 heterocycles. The number of nitrogens with zero attached hydrogens (tertiary/aromatic N) is 1. The first-order valence-electron chi connectivity index (χ1n) is 7.90. The summed E-state index contributed by atoms with van der Waals surface area (Å²) in [5, 5.41) is 3.61. The molecule has 2 nitrogen and oxygen atoms in total. The van der Waals surface area contributed by atoms with E-state index in [0.717, 1.165) is 19.6 Å². The van der Waals surface area contributed by atoms with E-state index in [-0.39, 0.29) is 0 Å². The Bertz CT molecular complexity index is 606. The lowest BCUT2D eigenvalue weighted by Crippen LogP contribution is -2.35. The molecule has 21 heavy (non-hydrogen) atoms. The number of nitrogens with one attached hydrogen (secondary N) is 1. The van der Waals surface area contributed by atoms with Crippen molar-refractivity contribution in [2.75, 3.05) is 18.0 Å². The highest BCUT2D eigenvalue weighted by atomic mass is 15.1. The first kappa shape index (κ1) is 14.2. The van der Waals surface area contributed by atoms with Crippen molar-refractivity contribution >= 4 is 5.69 Å². The van der Waals surface area contributed by atoms with Gasteiger partial charge in [0, 0.05) is 24.8 Å². The van der Waals surface area contributed by atoms with Crippen molar-refractivity contribution in [3.05, 3.63) is 65.2 Å². The van der Waals surface area contributed by atoms with E-state index >= 15 is 0 Å². The Labute approximate surface area is 127 Å². The second-order valence-corrected chi connectivity index (χ2v) is 5.87. The van der Waals surface area contributed by atoms with Crippen LogP contribution in [-0.4, -0.2) is 13.1 Å². The average Bonchev–Trinajstić information content (AvgIpc) is 2.50. The molecule has 2 aromatic carbocycles. The van der Waals surface area contributed by atoms with Gasteiger partial charge in [-0.3, -0.25) is 0 Å². The molecule has 2 heteroatoms. The van der Waals surface area contributed by atoms with Crippen LogP contribution in [0.4, 0.5) is 5.69 Å². The molecule has 1 unspecified atom stereocenters. The van der Waals surface area contributed by atoms with Crippen LogP contribution < -0.4 is 10.2 Å². The van der Waals surface area contributed by atoms with Gasteiger partial charge >= 0.3 is 0 Å². The van der Waals surface area contributed by atoms with E-state index in [2.05, 4.69) is 72.6 Å². The van der Waals surface area contributed by atoms with Gasteiger partial charge in [0.15, 0.2) is 0 Å². The Balaban J connectivity index is 1.85. The highest BCUT2D eigenvalue weighted by Crippen LogP contribution is 2.34. The zero-order valence-electron chi connectivity index (χ0n) is 13.0. The summed E-state index contributed by atoms with van der Waals surface area (Å²) in [5.41, 5.74) is 5.56. The zero-order chi connectivity index (χ0) is 14.7. The number of fused-ring (bicyclic) bond motifs is 1. The Morgan fingerprint density at radius 2 is 2.00 bits per heavy atom. The van der Waals surface area contributed by atoms with E-state index in [1.807, 2.05) is 0 Å². The largest absolute Gasteiger partial charge is 0.367 e. The lowest BCUT2D eigenvalue weighted by Gasteiger charge is -2.36. The third-order valence-electron chi connectivity index (χ3n) is 4.25. The summed E-state index contributed by atoms with van der Waals surface area (Å²) >= 11 is 0. The van der Waals surface area contributed by atoms with Gasteiger partial charge in [0.1, 0.15) is 0 Å². The minimum atomic E-state index is 0.500. The van der Waals surface area contributed by atoms with Crippen LogP contribution >= 0.6 is 0 Å². The molecule has 2 aromatic rings. The molecule has 1 atom stereocenters. The topological polar surface area (TPSA) is 15.3 Å². The lowest BCUT2D eigenvalue weighted by atomic mass is 9.95. The van der Waals surface area contributed by atoms with Crippen LogP contribution in [0.5, 0.6) is 0 Å². The molecule has 0 amide bonds. The number of anilines is 1. The van der Waals surface area contributed by atoms with Gasteiger partial charge in [0.2, 0.25) is 0 Å². The molecule has 0 spiro atoms. The van der Waals surface area contributed by atoms with Crippen LogP contribution in [-0.2, 0) is 6.54 Å². The number of aryl methyl sites for hydroxylation is 1. The van der Waals surface area contributed by atoms with E-state index < -0.39 is 0 Å². The van der Waals surface area contributed by atoms with Gasteiger partial charge in [-0.1, -0.05) is 55.0 Å². The Kier molecular flexibility index (Phi) is 4.26. The van der Waals surface area contributed by atoms with Crippen molar-refractivity contribution in [1.82, 2.24) is 5.32 Å². The molecule has 0 saturated heterocycles. The summed E-state index contributed by atoms with van der Waals surface area (Å²) in [5.74, 6) is 0. The molecule has 0 fully saturated rings. The van der Waals surface area contributed by atoms with E-state index in [1.165, 1.54) is 28.8 Å². The molecule has 3 rings (SSSR count). The standard InChI is InChI=1S/C19H24N2/c1-3-20-18-11-12-21(19-10-5-4-9-17(18)19)14-16-8-6-7-15(2)13-16/h4-10,13,18,20H,3,11-12,14H2,1-2H3. The lowest BCUT2D eigenvalue weighted by molar-refractivity contribution is 0.489. The zero-order valence-corrected chi connectivity index (χ0v) is 13.0. The van der Waals surface area contributed by atoms with Crippen LogP contribution in [0, 0.1) is 6.92 Å². The van der Waals surface area contributed by atoms with E-state index in [1.54, 1.807) is 0 Å². The van der Waals surface area contributed by atoms with Gasteiger partial charge in [-0.05, 0) is 37.1 Å². The van der Waals surface area contributed by atoms with Crippen molar-refractivity contribution in [2.45, 2.75) is 32.9 Å². The third kappa shape index (κ3) is 3.11. The smallest absolute Gasteiger partial charge is 0.0429 e. The summed E-state index contributed by atoms with van der Waals surface area (Å²) in [6.45, 7) is 7.48. The predicted octanol–water partition coefficient (Wildman–Crippen LogP) is 4.06. The van der Waals surface area contributed by atoms with Gasteiger partial charge in [-0.25, -0.2) is 0 Å². The van der Waals surface area contributed by atoms with Gasteiger partial charge in [0.05, 0.1) is 0 Å². The molecule has 0 bridgehead atoms. The fourth-order valence-electron chi connectivity index (χ4n) is 3.28. The maximum Gasteiger partial charge on any atom is 0.0429 e. The highest BCUT2D eigenvalue weighted by Gasteiger charge is 2.23. The summed E-state index contributed by atoms with van der Waals surface area (Å²) in [4.78, 5) is 2.51. The van der Waals surface area contributed by atoms with Crippen LogP contribution in [0.1, 0.15) is 36.1 Å². The van der Waals surface area contributed by atoms with Gasteiger partial charge in [-0.2, -0.15) is 0 Å². The average molecular weight is 280 g/mol. The molecular weight excluding hydrogens is 256 g/mol. The van der Waals surface area contributed by atoms with Crippen molar-refractivity contribution in [3.63, 3.8) is 0 Å². The quantitative estimate of drug-likeness (QED) is 0.908. The minimum absolute atomic E-state index is 0.500. The predicted molar refractivity (Wildman–Crippen MR) is 89.7 cm³/mol. The van der Waals surface area contributed by atoms with Crippen LogP contribution in [0.2, 0.25) is 0 Å². The molecule has 1 aliphatic rings. The Hall–Kier alpha value is -1.80. The van der Waals surface area contributed by atoms with Gasteiger partial charge in [-0.15, -0.1) is 0 Å². The van der Waals surface area contributed by atoms with Gasteiger partial charge in [0.25, 0.3) is 0 Å². The second kappa shape index (κ2) is 6.31. The fraction of sp³-hybridized carbons (Fsp3) is 0.368. The first-order chi connectivity index (χ1) is 10.3. The SMILES string of the molecule is CCNC1CCN(Cc2cccc(C)c2)c2ccccc21. The maximum absolute atomic E-state index is 3.61. The molecule has 0 aliphatic carbocycles. The van der Waals surface area contributed by atoms with E-state index in [4.69, 9.17) is 0 Å². The molecular formula is C19H24N2. The number of benzene rings is 2. The van der Waals surface area contributed by atoms with Crippen LogP contribution in [0.3, 0.4) is 0 Å². The van der Waals surface area contributed by atoms with Crippen LogP contribution in [0.25, 0.3) is 0 Å². The molecule has 0 aromatic heterocycles. The second-order valence-electron chi connectivity index (χ2n) is 5.87. The van der Waals surface area contributed by atoms with Crippen molar-refractivity contribution in [2.24, 2.45) is 0 Å². The van der Waals surface area contributed by atoms with Crippen molar-refractivity contribution in [1.29, 1.82) is 0 Å². The molecule has 0 saturated carbocycles. The van der Waals surface area contributed by atoms with Gasteiger partial charge < -0.3 is 10.2 Å². The van der Waals surface area contributed by atoms with Crippen molar-refractivity contribution < 1.29 is 0 Å². The minimum Gasteiger partial charge on any atom is -0.367 e. The summed E-state index contributed by atoms with van der Waals surface area (Å²) in [6.07, 6.45) is 1.18. The summed E-state index contributed by atoms with van der Waals surface area (Å²) in [7, 11) is 0. The number of hydrogen-bond acceptors (Lipinski definition) is 2. The summed E-state index contributed by atoms with van der Waals surface area (Å²) in [6, 6.07) is 18.2. The van der Waals surface area contributed by atoms with E-state index in [0.29, 0.717) is 6.04 Å². The molecule has 110 valence electrons. The third-order valence-corrected chi connectivity index (χ3v) is 4.25. The van der Waals surface area contributed by atoms with Crippen LogP contribution in [0.15, 0.2) is 48.5 Å². The summed E-state index contributed by atoms with van der Waals surface area (Å²) < 4.78 is 0. The maximum atomic E-state index is 3.61. The molecule has 1 aliphatic heterocycles. The highest BCUT2D eigenvalue weighted by molar-refractivity contribution is 5.57. The molecule has 0 radical (unpaired) electrons. The molecule has 1 N–H and O–H groups in total. The van der Waals surface area contributed by atoms with E-state index in [9.17, 15) is 0 Å². The fourth-order valence-corrected chi connectivity index (χ4v) is 3.28. The monoisotopic (exact) mass is 280 g/mol. The number of rotatable bonds is 4.